The molecule has 0 spiro atoms. The standard InChI is InChI=1S/C23H25FN4O/c24-17-5-3-4-16(12-17)19-14-26-27-22(19)15-8-10-28(11-9-15)23(29)20-13-25-21-7-2-1-6-18(20)21/h1-7,12-13,15,19,22,25-27H,8-11,14H2. The molecule has 29 heavy (non-hydrogen) atoms. The number of halogens is 1. The first-order chi connectivity index (χ1) is 14.2. The highest BCUT2D eigenvalue weighted by Gasteiger charge is 2.37. The minimum atomic E-state index is -0.188. The molecule has 2 unspecified atom stereocenters. The van der Waals surface area contributed by atoms with Gasteiger partial charge >= 0.3 is 0 Å². The third kappa shape index (κ3) is 3.43. The molecule has 2 fully saturated rings. The lowest BCUT2D eigenvalue weighted by molar-refractivity contribution is 0.0672. The first-order valence-electron chi connectivity index (χ1n) is 10.3. The van der Waals surface area contributed by atoms with Crippen molar-refractivity contribution < 1.29 is 9.18 Å². The van der Waals surface area contributed by atoms with Gasteiger partial charge in [0.05, 0.1) is 5.56 Å². The lowest BCUT2D eigenvalue weighted by atomic mass is 9.80. The number of piperidine rings is 1. The molecule has 3 heterocycles. The van der Waals surface area contributed by atoms with E-state index in [4.69, 9.17) is 0 Å². The summed E-state index contributed by atoms with van der Waals surface area (Å²) < 4.78 is 13.7. The number of hydrogen-bond acceptors (Lipinski definition) is 3. The minimum absolute atomic E-state index is 0.0973. The first kappa shape index (κ1) is 18.3. The Morgan fingerprint density at radius 3 is 2.72 bits per heavy atom. The number of rotatable bonds is 3. The normalized spacial score (nSPS) is 23.0. The minimum Gasteiger partial charge on any atom is -0.360 e. The Labute approximate surface area is 169 Å². The van der Waals surface area contributed by atoms with Crippen molar-refractivity contribution >= 4 is 16.8 Å². The number of hydrogen-bond donors (Lipinski definition) is 3. The van der Waals surface area contributed by atoms with E-state index in [1.165, 1.54) is 6.07 Å². The van der Waals surface area contributed by atoms with Crippen molar-refractivity contribution in [3.63, 3.8) is 0 Å². The summed E-state index contributed by atoms with van der Waals surface area (Å²) in [6, 6.07) is 15.1. The largest absolute Gasteiger partial charge is 0.360 e. The van der Waals surface area contributed by atoms with Gasteiger partial charge in [0.25, 0.3) is 5.91 Å². The van der Waals surface area contributed by atoms with Gasteiger partial charge in [-0.2, -0.15) is 0 Å². The number of amides is 1. The van der Waals surface area contributed by atoms with Crippen molar-refractivity contribution in [2.45, 2.75) is 24.8 Å². The lowest BCUT2D eigenvalue weighted by Gasteiger charge is -2.36. The van der Waals surface area contributed by atoms with Gasteiger partial charge in [-0.1, -0.05) is 30.3 Å². The second kappa shape index (κ2) is 7.61. The van der Waals surface area contributed by atoms with Gasteiger partial charge in [0.15, 0.2) is 0 Å². The molecule has 2 aliphatic rings. The maximum absolute atomic E-state index is 13.7. The van der Waals surface area contributed by atoms with Gasteiger partial charge in [0.1, 0.15) is 5.82 Å². The molecular weight excluding hydrogens is 367 g/mol. The van der Waals surface area contributed by atoms with Crippen molar-refractivity contribution in [1.82, 2.24) is 20.7 Å². The number of benzene rings is 2. The van der Waals surface area contributed by atoms with E-state index in [-0.39, 0.29) is 23.7 Å². The van der Waals surface area contributed by atoms with Crippen molar-refractivity contribution in [3.8, 4) is 0 Å². The molecule has 5 nitrogen and oxygen atoms in total. The Bertz CT molecular complexity index is 1020. The van der Waals surface area contributed by atoms with Crippen molar-refractivity contribution in [2.75, 3.05) is 19.6 Å². The molecule has 1 amide bonds. The predicted molar refractivity (Wildman–Crippen MR) is 111 cm³/mol. The molecule has 3 aromatic rings. The second-order valence-electron chi connectivity index (χ2n) is 8.09. The van der Waals surface area contributed by atoms with Crippen LogP contribution in [0.5, 0.6) is 0 Å². The van der Waals surface area contributed by atoms with Gasteiger partial charge in [-0.15, -0.1) is 0 Å². The Kier molecular flexibility index (Phi) is 4.81. The fourth-order valence-corrected chi connectivity index (χ4v) is 4.90. The number of hydrazine groups is 1. The summed E-state index contributed by atoms with van der Waals surface area (Å²) in [5.74, 6) is 0.601. The molecule has 2 atom stereocenters. The molecule has 5 rings (SSSR count). The molecule has 0 aliphatic carbocycles. The Morgan fingerprint density at radius 1 is 1.07 bits per heavy atom. The SMILES string of the molecule is O=C(c1c[nH]c2ccccc12)N1CCC(C2NNCC2c2cccc(F)c2)CC1. The van der Waals surface area contributed by atoms with E-state index in [1.807, 2.05) is 41.4 Å². The van der Waals surface area contributed by atoms with Crippen LogP contribution in [0.15, 0.2) is 54.7 Å². The van der Waals surface area contributed by atoms with E-state index < -0.39 is 0 Å². The molecule has 3 N–H and O–H groups in total. The number of likely N-dealkylation sites (tertiary alicyclic amines) is 1. The van der Waals surface area contributed by atoms with E-state index in [0.29, 0.717) is 5.92 Å². The Morgan fingerprint density at radius 2 is 1.90 bits per heavy atom. The summed E-state index contributed by atoms with van der Waals surface area (Å²) in [5.41, 5.74) is 9.44. The van der Waals surface area contributed by atoms with Crippen LogP contribution in [0.25, 0.3) is 10.9 Å². The summed E-state index contributed by atoms with van der Waals surface area (Å²) in [4.78, 5) is 18.2. The fourth-order valence-electron chi connectivity index (χ4n) is 4.90. The Hall–Kier alpha value is -2.70. The number of aromatic nitrogens is 1. The van der Waals surface area contributed by atoms with Crippen molar-refractivity contribution in [3.05, 3.63) is 71.7 Å². The van der Waals surface area contributed by atoms with E-state index in [9.17, 15) is 9.18 Å². The number of nitrogens with zero attached hydrogens (tertiary/aromatic N) is 1. The van der Waals surface area contributed by atoms with Crippen LogP contribution in [0.2, 0.25) is 0 Å². The van der Waals surface area contributed by atoms with Crippen LogP contribution in [0.4, 0.5) is 4.39 Å². The summed E-state index contributed by atoms with van der Waals surface area (Å²) in [6.45, 7) is 2.29. The highest BCUT2D eigenvalue weighted by molar-refractivity contribution is 6.06. The summed E-state index contributed by atoms with van der Waals surface area (Å²) in [7, 11) is 0. The number of para-hydroxylation sites is 1. The molecule has 2 saturated heterocycles. The number of carbonyl (C=O) groups excluding carboxylic acids is 1. The average Bonchev–Trinajstić information content (AvgIpc) is 3.41. The van der Waals surface area contributed by atoms with Crippen LogP contribution in [0.3, 0.4) is 0 Å². The maximum atomic E-state index is 13.7. The van der Waals surface area contributed by atoms with Crippen LogP contribution >= 0.6 is 0 Å². The third-order valence-electron chi connectivity index (χ3n) is 6.46. The molecule has 0 radical (unpaired) electrons. The number of aromatic amines is 1. The monoisotopic (exact) mass is 392 g/mol. The summed E-state index contributed by atoms with van der Waals surface area (Å²) in [5, 5.41) is 0.979. The zero-order valence-electron chi connectivity index (χ0n) is 16.2. The Balaban J connectivity index is 1.27. The second-order valence-corrected chi connectivity index (χ2v) is 8.09. The zero-order valence-corrected chi connectivity index (χ0v) is 16.2. The van der Waals surface area contributed by atoms with E-state index in [2.05, 4.69) is 15.8 Å². The van der Waals surface area contributed by atoms with Crippen LogP contribution < -0.4 is 10.9 Å². The molecule has 2 aliphatic heterocycles. The van der Waals surface area contributed by atoms with Crippen LogP contribution in [0, 0.1) is 11.7 Å². The van der Waals surface area contributed by atoms with Crippen LogP contribution in [0.1, 0.15) is 34.7 Å². The molecule has 1 aromatic heterocycles. The van der Waals surface area contributed by atoms with Gasteiger partial charge in [0, 0.05) is 48.7 Å². The highest BCUT2D eigenvalue weighted by atomic mass is 19.1. The first-order valence-corrected chi connectivity index (χ1v) is 10.3. The van der Waals surface area contributed by atoms with E-state index in [1.54, 1.807) is 12.1 Å². The quantitative estimate of drug-likeness (QED) is 0.640. The molecule has 150 valence electrons. The van der Waals surface area contributed by atoms with E-state index >= 15 is 0 Å². The summed E-state index contributed by atoms with van der Waals surface area (Å²) >= 11 is 0. The van der Waals surface area contributed by atoms with Crippen molar-refractivity contribution in [1.29, 1.82) is 0 Å². The summed E-state index contributed by atoms with van der Waals surface area (Å²) in [6.07, 6.45) is 3.71. The molecule has 0 bridgehead atoms. The van der Waals surface area contributed by atoms with Gasteiger partial charge < -0.3 is 9.88 Å². The number of nitrogens with one attached hydrogen (secondary N) is 3. The molecule has 6 heteroatoms. The molecule has 2 aromatic carbocycles. The van der Waals surface area contributed by atoms with Gasteiger partial charge in [0.2, 0.25) is 0 Å². The maximum Gasteiger partial charge on any atom is 0.256 e. The zero-order chi connectivity index (χ0) is 19.8. The number of H-pyrrole nitrogens is 1. The van der Waals surface area contributed by atoms with Crippen molar-refractivity contribution in [2.24, 2.45) is 5.92 Å². The van der Waals surface area contributed by atoms with Crippen LogP contribution in [-0.4, -0.2) is 41.5 Å². The van der Waals surface area contributed by atoms with E-state index in [0.717, 1.165) is 54.5 Å². The van der Waals surface area contributed by atoms with Crippen LogP contribution in [-0.2, 0) is 0 Å². The molecular formula is C23H25FN4O. The lowest BCUT2D eigenvalue weighted by Crippen LogP contribution is -2.45. The highest BCUT2D eigenvalue weighted by Crippen LogP contribution is 2.33. The fraction of sp³-hybridized carbons (Fsp3) is 0.348. The van der Waals surface area contributed by atoms with Gasteiger partial charge in [-0.25, -0.2) is 4.39 Å². The van der Waals surface area contributed by atoms with Gasteiger partial charge in [-0.05, 0) is 42.5 Å². The number of fused-ring (bicyclic) bond motifs is 1. The van der Waals surface area contributed by atoms with Gasteiger partial charge in [-0.3, -0.25) is 15.6 Å². The smallest absolute Gasteiger partial charge is 0.256 e. The topological polar surface area (TPSA) is 60.2 Å². The predicted octanol–water partition coefficient (Wildman–Crippen LogP) is 3.42. The number of carbonyl (C=O) groups is 1. The third-order valence-corrected chi connectivity index (χ3v) is 6.46. The average molecular weight is 392 g/mol. The molecule has 0 saturated carbocycles.